The minimum atomic E-state index is -0.662. The normalized spacial score (nSPS) is 31.1. The van der Waals surface area contributed by atoms with Crippen LogP contribution in [0.15, 0.2) is 24.3 Å². The number of quaternary nitrogens is 1. The van der Waals surface area contributed by atoms with Gasteiger partial charge in [0, 0.05) is 12.0 Å². The zero-order chi connectivity index (χ0) is 15.3. The van der Waals surface area contributed by atoms with Crippen LogP contribution in [0, 0.1) is 5.92 Å². The molecule has 0 aromatic heterocycles. The third-order valence-corrected chi connectivity index (χ3v) is 5.38. The molecule has 1 aromatic carbocycles. The molecule has 0 bridgehead atoms. The van der Waals surface area contributed by atoms with Gasteiger partial charge in [0.15, 0.2) is 6.67 Å². The predicted molar refractivity (Wildman–Crippen MR) is 81.1 cm³/mol. The van der Waals surface area contributed by atoms with Gasteiger partial charge in [0.25, 0.3) is 5.91 Å². The van der Waals surface area contributed by atoms with E-state index < -0.39 is 5.54 Å². The molecule has 2 heterocycles. The van der Waals surface area contributed by atoms with Gasteiger partial charge in [0.05, 0.1) is 6.54 Å². The second-order valence-electron chi connectivity index (χ2n) is 6.99. The first-order chi connectivity index (χ1) is 10.6. The van der Waals surface area contributed by atoms with Crippen LogP contribution in [0.25, 0.3) is 0 Å². The maximum Gasteiger partial charge on any atom is 0.329 e. The smallest absolute Gasteiger partial charge is 0.323 e. The Bertz CT molecular complexity index is 641. The van der Waals surface area contributed by atoms with Gasteiger partial charge in [0.1, 0.15) is 12.1 Å². The highest BCUT2D eigenvalue weighted by molar-refractivity contribution is 6.07. The summed E-state index contributed by atoms with van der Waals surface area (Å²) in [5.41, 5.74) is 2.07. The van der Waals surface area contributed by atoms with Crippen molar-refractivity contribution < 1.29 is 14.5 Å². The number of hydrogen-bond donors (Lipinski definition) is 2. The summed E-state index contributed by atoms with van der Waals surface area (Å²) in [4.78, 5) is 27.6. The molecule has 5 heteroatoms. The molecule has 2 N–H and O–H groups in total. The summed E-state index contributed by atoms with van der Waals surface area (Å²) < 4.78 is 0. The third kappa shape index (κ3) is 2.11. The van der Waals surface area contributed by atoms with Gasteiger partial charge in [-0.15, -0.1) is 0 Å². The number of imide groups is 1. The largest absolute Gasteiger partial charge is 0.329 e. The number of amides is 3. The molecule has 0 radical (unpaired) electrons. The van der Waals surface area contributed by atoms with E-state index in [0.29, 0.717) is 12.6 Å². The van der Waals surface area contributed by atoms with Crippen LogP contribution >= 0.6 is 0 Å². The Morgan fingerprint density at radius 1 is 1.27 bits per heavy atom. The van der Waals surface area contributed by atoms with Crippen molar-refractivity contribution in [3.63, 3.8) is 0 Å². The second-order valence-corrected chi connectivity index (χ2v) is 6.99. The summed E-state index contributed by atoms with van der Waals surface area (Å²) in [6.07, 6.45) is 3.09. The van der Waals surface area contributed by atoms with Gasteiger partial charge >= 0.3 is 6.03 Å². The third-order valence-electron chi connectivity index (χ3n) is 5.38. The van der Waals surface area contributed by atoms with E-state index in [2.05, 4.69) is 29.6 Å². The fourth-order valence-corrected chi connectivity index (χ4v) is 3.80. The fourth-order valence-electron chi connectivity index (χ4n) is 3.80. The van der Waals surface area contributed by atoms with E-state index in [1.807, 2.05) is 6.92 Å². The molecular weight excluding hydrogens is 278 g/mol. The van der Waals surface area contributed by atoms with E-state index in [1.165, 1.54) is 20.9 Å². The Hall–Kier alpha value is -1.88. The van der Waals surface area contributed by atoms with Crippen molar-refractivity contribution in [3.8, 4) is 0 Å². The first kappa shape index (κ1) is 13.8. The summed E-state index contributed by atoms with van der Waals surface area (Å²) in [7, 11) is 0. The molecule has 2 fully saturated rings. The monoisotopic (exact) mass is 300 g/mol. The molecule has 22 heavy (non-hydrogen) atoms. The highest BCUT2D eigenvalue weighted by Gasteiger charge is 2.56. The summed E-state index contributed by atoms with van der Waals surface area (Å²) in [6.45, 7) is 4.20. The standard InChI is InChI=1S/C17H21N3O2/c1-17(14-6-7-14)15(21)20(16(22)18-17)11-19-9-8-12-4-2-3-5-13(12)10-19/h2-5,14H,6-11H2,1H3,(H,18,22)/p+1/t17-/m1/s1. The van der Waals surface area contributed by atoms with E-state index in [4.69, 9.17) is 0 Å². The molecule has 1 saturated carbocycles. The summed E-state index contributed by atoms with van der Waals surface area (Å²) in [6, 6.07) is 8.23. The maximum absolute atomic E-state index is 12.7. The molecule has 1 unspecified atom stereocenters. The van der Waals surface area contributed by atoms with Crippen molar-refractivity contribution in [1.29, 1.82) is 0 Å². The highest BCUT2D eigenvalue weighted by atomic mass is 16.2. The number of fused-ring (bicyclic) bond motifs is 1. The molecule has 4 rings (SSSR count). The van der Waals surface area contributed by atoms with Gasteiger partial charge in [-0.2, -0.15) is 0 Å². The maximum atomic E-state index is 12.7. The fraction of sp³-hybridized carbons (Fsp3) is 0.529. The van der Waals surface area contributed by atoms with Crippen LogP contribution in [0.5, 0.6) is 0 Å². The Balaban J connectivity index is 1.48. The first-order valence-electron chi connectivity index (χ1n) is 8.12. The van der Waals surface area contributed by atoms with Crippen LogP contribution < -0.4 is 10.2 Å². The summed E-state index contributed by atoms with van der Waals surface area (Å²) in [5.74, 6) is 0.289. The zero-order valence-electron chi connectivity index (χ0n) is 12.9. The molecule has 2 atom stereocenters. The van der Waals surface area contributed by atoms with Crippen LogP contribution in [0.3, 0.4) is 0 Å². The van der Waals surface area contributed by atoms with Gasteiger partial charge in [0.2, 0.25) is 0 Å². The number of carbonyl (C=O) groups is 2. The lowest BCUT2D eigenvalue weighted by atomic mass is 9.96. The van der Waals surface area contributed by atoms with Crippen LogP contribution in [-0.2, 0) is 17.8 Å². The lowest BCUT2D eigenvalue weighted by Gasteiger charge is -2.28. The Morgan fingerprint density at radius 2 is 2.00 bits per heavy atom. The Kier molecular flexibility index (Phi) is 3.01. The van der Waals surface area contributed by atoms with E-state index in [-0.39, 0.29) is 11.9 Å². The molecule has 1 aromatic rings. The number of nitrogens with one attached hydrogen (secondary N) is 2. The van der Waals surface area contributed by atoms with Crippen LogP contribution in [-0.4, -0.2) is 35.6 Å². The van der Waals surface area contributed by atoms with Crippen LogP contribution in [0.4, 0.5) is 4.79 Å². The van der Waals surface area contributed by atoms with Gasteiger partial charge in [-0.3, -0.25) is 4.79 Å². The van der Waals surface area contributed by atoms with E-state index in [9.17, 15) is 9.59 Å². The molecule has 3 aliphatic rings. The predicted octanol–water partition coefficient (Wildman–Crippen LogP) is 0.306. The Labute approximate surface area is 130 Å². The summed E-state index contributed by atoms with van der Waals surface area (Å²) >= 11 is 0. The minimum Gasteiger partial charge on any atom is -0.323 e. The molecular formula is C17H22N3O2+. The SMILES string of the molecule is C[C@]1(C2CC2)NC(=O)N(C[NH+]2CCc3ccccc3C2)C1=O. The van der Waals surface area contributed by atoms with E-state index in [1.54, 1.807) is 0 Å². The molecule has 5 nitrogen and oxygen atoms in total. The number of benzene rings is 1. The second kappa shape index (κ2) is 4.81. The lowest BCUT2D eigenvalue weighted by Crippen LogP contribution is -3.13. The number of urea groups is 1. The summed E-state index contributed by atoms with van der Waals surface area (Å²) in [5, 5.41) is 2.92. The number of rotatable bonds is 3. The number of nitrogens with zero attached hydrogens (tertiary/aromatic N) is 1. The molecule has 3 amide bonds. The highest BCUT2D eigenvalue weighted by Crippen LogP contribution is 2.42. The zero-order valence-corrected chi connectivity index (χ0v) is 12.9. The van der Waals surface area contributed by atoms with Gasteiger partial charge in [-0.05, 0) is 31.2 Å². The minimum absolute atomic E-state index is 0.0358. The van der Waals surface area contributed by atoms with Crippen molar-refractivity contribution in [1.82, 2.24) is 10.2 Å². The number of carbonyl (C=O) groups excluding carboxylic acids is 2. The van der Waals surface area contributed by atoms with Crippen molar-refractivity contribution in [3.05, 3.63) is 35.4 Å². The quantitative estimate of drug-likeness (QED) is 0.789. The molecule has 116 valence electrons. The van der Waals surface area contributed by atoms with Crippen molar-refractivity contribution in [2.24, 2.45) is 5.92 Å². The average molecular weight is 300 g/mol. The van der Waals surface area contributed by atoms with Gasteiger partial charge in [-0.25, -0.2) is 9.69 Å². The molecule has 1 saturated heterocycles. The van der Waals surface area contributed by atoms with Gasteiger partial charge in [-0.1, -0.05) is 24.3 Å². The topological polar surface area (TPSA) is 53.9 Å². The van der Waals surface area contributed by atoms with Gasteiger partial charge < -0.3 is 10.2 Å². The lowest BCUT2D eigenvalue weighted by molar-refractivity contribution is -0.923. The number of hydrogen-bond acceptors (Lipinski definition) is 2. The van der Waals surface area contributed by atoms with E-state index in [0.717, 1.165) is 32.4 Å². The van der Waals surface area contributed by atoms with E-state index >= 15 is 0 Å². The van der Waals surface area contributed by atoms with Crippen molar-refractivity contribution >= 4 is 11.9 Å². The first-order valence-corrected chi connectivity index (χ1v) is 8.12. The Morgan fingerprint density at radius 3 is 2.73 bits per heavy atom. The van der Waals surface area contributed by atoms with Crippen LogP contribution in [0.2, 0.25) is 0 Å². The average Bonchev–Trinajstić information content (AvgIpc) is 3.33. The van der Waals surface area contributed by atoms with Crippen molar-refractivity contribution in [2.45, 2.75) is 38.3 Å². The van der Waals surface area contributed by atoms with Crippen LogP contribution in [0.1, 0.15) is 30.9 Å². The molecule has 2 aliphatic heterocycles. The van der Waals surface area contributed by atoms with Crippen molar-refractivity contribution in [2.75, 3.05) is 13.2 Å². The molecule has 0 spiro atoms. The molecule has 1 aliphatic carbocycles.